The molecule has 1 aromatic rings. The lowest BCUT2D eigenvalue weighted by atomic mass is 10.3. The van der Waals surface area contributed by atoms with Gasteiger partial charge in [0.2, 0.25) is 0 Å². The summed E-state index contributed by atoms with van der Waals surface area (Å²) < 4.78 is 9.64. The molecule has 0 unspecified atom stereocenters. The van der Waals surface area contributed by atoms with Crippen LogP contribution >= 0.6 is 0 Å². The number of nitrogens with zero attached hydrogens (tertiary/aromatic N) is 1. The minimum Gasteiger partial charge on any atom is -0.478 e. The molecule has 0 atom stereocenters. The summed E-state index contributed by atoms with van der Waals surface area (Å²) in [5, 5.41) is 12.0. The van der Waals surface area contributed by atoms with Gasteiger partial charge in [0.05, 0.1) is 6.20 Å². The Kier molecular flexibility index (Phi) is 2.82. The van der Waals surface area contributed by atoms with E-state index in [1.54, 1.807) is 0 Å². The smallest absolute Gasteiger partial charge is 0.341 e. The van der Waals surface area contributed by atoms with E-state index in [4.69, 9.17) is 9.84 Å². The van der Waals surface area contributed by atoms with Crippen LogP contribution in [0.4, 0.5) is 0 Å². The molecule has 0 saturated heterocycles. The third-order valence-corrected chi connectivity index (χ3v) is 1.31. The minimum absolute atomic E-state index is 0.0588. The van der Waals surface area contributed by atoms with Crippen molar-refractivity contribution in [3.63, 3.8) is 0 Å². The van der Waals surface area contributed by atoms with Crippen LogP contribution in [0.5, 0.6) is 0 Å². The standard InChI is InChI=1S/C7H9NO4/c1-2-11-4-6-5(7(9)10)3-8-12-6/h3H,2,4H2,1H3,(H,9,10). The molecule has 0 amide bonds. The molecule has 0 fully saturated rings. The van der Waals surface area contributed by atoms with Gasteiger partial charge >= 0.3 is 5.97 Å². The van der Waals surface area contributed by atoms with Crippen molar-refractivity contribution < 1.29 is 19.2 Å². The summed E-state index contributed by atoms with van der Waals surface area (Å²) in [5.74, 6) is -0.796. The normalized spacial score (nSPS) is 10.1. The van der Waals surface area contributed by atoms with E-state index in [0.717, 1.165) is 6.20 Å². The maximum absolute atomic E-state index is 10.5. The highest BCUT2D eigenvalue weighted by Gasteiger charge is 2.14. The Morgan fingerprint density at radius 3 is 3.17 bits per heavy atom. The van der Waals surface area contributed by atoms with Crippen LogP contribution in [0.15, 0.2) is 10.7 Å². The van der Waals surface area contributed by atoms with E-state index in [1.807, 2.05) is 6.92 Å². The number of aromatic carboxylic acids is 1. The largest absolute Gasteiger partial charge is 0.478 e. The summed E-state index contributed by atoms with van der Waals surface area (Å²) in [6.07, 6.45) is 1.16. The van der Waals surface area contributed by atoms with Gasteiger partial charge in [-0.15, -0.1) is 0 Å². The monoisotopic (exact) mass is 171 g/mol. The Hall–Kier alpha value is -1.36. The highest BCUT2D eigenvalue weighted by molar-refractivity contribution is 5.88. The van der Waals surface area contributed by atoms with Gasteiger partial charge in [-0.05, 0) is 6.92 Å². The molecule has 0 saturated carbocycles. The molecule has 0 spiro atoms. The van der Waals surface area contributed by atoms with Crippen LogP contribution in [0, 0.1) is 0 Å². The van der Waals surface area contributed by atoms with E-state index in [0.29, 0.717) is 6.61 Å². The lowest BCUT2D eigenvalue weighted by Crippen LogP contribution is -2.00. The quantitative estimate of drug-likeness (QED) is 0.728. The fourth-order valence-corrected chi connectivity index (χ4v) is 0.737. The Morgan fingerprint density at radius 1 is 1.83 bits per heavy atom. The fraction of sp³-hybridized carbons (Fsp3) is 0.429. The summed E-state index contributed by atoms with van der Waals surface area (Å²) in [5.41, 5.74) is 0.0588. The van der Waals surface area contributed by atoms with E-state index in [-0.39, 0.29) is 17.9 Å². The number of hydrogen-bond donors (Lipinski definition) is 1. The summed E-state index contributed by atoms with van der Waals surface area (Å²) in [6.45, 7) is 2.48. The van der Waals surface area contributed by atoms with Gasteiger partial charge in [-0.3, -0.25) is 0 Å². The van der Waals surface area contributed by atoms with Crippen molar-refractivity contribution in [2.24, 2.45) is 0 Å². The number of carboxylic acid groups (broad SMARTS) is 1. The number of hydrogen-bond acceptors (Lipinski definition) is 4. The zero-order valence-corrected chi connectivity index (χ0v) is 6.61. The van der Waals surface area contributed by atoms with E-state index in [9.17, 15) is 4.79 Å². The van der Waals surface area contributed by atoms with Crippen LogP contribution in [-0.2, 0) is 11.3 Å². The SMILES string of the molecule is CCOCc1oncc1C(=O)O. The predicted octanol–water partition coefficient (Wildman–Crippen LogP) is 0.909. The van der Waals surface area contributed by atoms with E-state index < -0.39 is 5.97 Å². The van der Waals surface area contributed by atoms with Crippen LogP contribution in [0.25, 0.3) is 0 Å². The second-order valence-electron chi connectivity index (χ2n) is 2.10. The van der Waals surface area contributed by atoms with Gasteiger partial charge in [0.1, 0.15) is 12.2 Å². The molecule has 1 N–H and O–H groups in total. The number of carbonyl (C=O) groups is 1. The lowest BCUT2D eigenvalue weighted by molar-refractivity contribution is 0.0681. The molecule has 66 valence electrons. The first-order valence-corrected chi connectivity index (χ1v) is 3.50. The molecule has 0 aromatic carbocycles. The van der Waals surface area contributed by atoms with Crippen LogP contribution < -0.4 is 0 Å². The topological polar surface area (TPSA) is 72.6 Å². The second kappa shape index (κ2) is 3.87. The van der Waals surface area contributed by atoms with Gasteiger partial charge in [-0.1, -0.05) is 5.16 Å². The maximum Gasteiger partial charge on any atom is 0.341 e. The van der Waals surface area contributed by atoms with Crippen molar-refractivity contribution in [2.75, 3.05) is 6.61 Å². The van der Waals surface area contributed by atoms with Crippen LogP contribution in [0.1, 0.15) is 23.0 Å². The highest BCUT2D eigenvalue weighted by atomic mass is 16.5. The number of rotatable bonds is 4. The minimum atomic E-state index is -1.05. The first-order chi connectivity index (χ1) is 5.75. The van der Waals surface area contributed by atoms with Crippen LogP contribution in [0.2, 0.25) is 0 Å². The van der Waals surface area contributed by atoms with Crippen molar-refractivity contribution in [1.82, 2.24) is 5.16 Å². The van der Waals surface area contributed by atoms with Crippen molar-refractivity contribution in [3.05, 3.63) is 17.5 Å². The molecule has 0 aliphatic heterocycles. The molecule has 5 heteroatoms. The van der Waals surface area contributed by atoms with Gasteiger partial charge in [-0.25, -0.2) is 4.79 Å². The molecule has 1 aromatic heterocycles. The molecule has 0 bridgehead atoms. The average molecular weight is 171 g/mol. The molecule has 0 aliphatic rings. The van der Waals surface area contributed by atoms with Gasteiger partial charge in [-0.2, -0.15) is 0 Å². The van der Waals surface area contributed by atoms with Gasteiger partial charge in [0.25, 0.3) is 0 Å². The summed E-state index contributed by atoms with van der Waals surface area (Å²) in [4.78, 5) is 10.5. The Bertz CT molecular complexity index is 268. The molecule has 12 heavy (non-hydrogen) atoms. The number of aromatic nitrogens is 1. The van der Waals surface area contributed by atoms with Crippen molar-refractivity contribution in [2.45, 2.75) is 13.5 Å². The molecule has 1 heterocycles. The lowest BCUT2D eigenvalue weighted by Gasteiger charge is -1.96. The zero-order chi connectivity index (χ0) is 8.97. The molecule has 5 nitrogen and oxygen atoms in total. The van der Waals surface area contributed by atoms with Gasteiger partial charge < -0.3 is 14.4 Å². The van der Waals surface area contributed by atoms with Gasteiger partial charge in [0.15, 0.2) is 5.76 Å². The van der Waals surface area contributed by atoms with Crippen molar-refractivity contribution in [1.29, 1.82) is 0 Å². The molecule has 0 aliphatic carbocycles. The fourth-order valence-electron chi connectivity index (χ4n) is 0.737. The maximum atomic E-state index is 10.5. The predicted molar refractivity (Wildman–Crippen MR) is 38.8 cm³/mol. The van der Waals surface area contributed by atoms with E-state index in [2.05, 4.69) is 9.68 Å². The van der Waals surface area contributed by atoms with Crippen molar-refractivity contribution in [3.8, 4) is 0 Å². The molecule has 1 rings (SSSR count). The molecular formula is C7H9NO4. The highest BCUT2D eigenvalue weighted by Crippen LogP contribution is 2.08. The third-order valence-electron chi connectivity index (χ3n) is 1.31. The summed E-state index contributed by atoms with van der Waals surface area (Å²) in [6, 6.07) is 0. The Labute approximate surface area is 68.9 Å². The first-order valence-electron chi connectivity index (χ1n) is 3.50. The van der Waals surface area contributed by atoms with E-state index in [1.165, 1.54) is 0 Å². The zero-order valence-electron chi connectivity index (χ0n) is 6.61. The average Bonchev–Trinajstić information content (AvgIpc) is 2.48. The number of carboxylic acids is 1. The second-order valence-corrected chi connectivity index (χ2v) is 2.10. The summed E-state index contributed by atoms with van der Waals surface area (Å²) in [7, 11) is 0. The summed E-state index contributed by atoms with van der Waals surface area (Å²) >= 11 is 0. The van der Waals surface area contributed by atoms with Crippen molar-refractivity contribution >= 4 is 5.97 Å². The van der Waals surface area contributed by atoms with Crippen LogP contribution in [-0.4, -0.2) is 22.8 Å². The van der Waals surface area contributed by atoms with Crippen LogP contribution in [0.3, 0.4) is 0 Å². The van der Waals surface area contributed by atoms with E-state index >= 15 is 0 Å². The molecule has 0 radical (unpaired) electrons. The first kappa shape index (κ1) is 8.73. The van der Waals surface area contributed by atoms with Gasteiger partial charge in [0, 0.05) is 6.61 Å². The Morgan fingerprint density at radius 2 is 2.58 bits per heavy atom. The number of ether oxygens (including phenoxy) is 1. The Balaban J connectivity index is 2.70. The molecular weight excluding hydrogens is 162 g/mol. The third kappa shape index (κ3) is 1.82.